The summed E-state index contributed by atoms with van der Waals surface area (Å²) in [7, 11) is 0. The highest BCUT2D eigenvalue weighted by Crippen LogP contribution is 2.25. The molecule has 152 valence electrons. The first-order chi connectivity index (χ1) is 13.5. The summed E-state index contributed by atoms with van der Waals surface area (Å²) in [6.45, 7) is 7.41. The maximum atomic E-state index is 12.8. The Morgan fingerprint density at radius 2 is 1.89 bits per heavy atom. The molecule has 2 heterocycles. The zero-order valence-corrected chi connectivity index (χ0v) is 19.0. The maximum Gasteiger partial charge on any atom is 0.233 e. The average molecular weight is 467 g/mol. The van der Waals surface area contributed by atoms with Gasteiger partial charge in [-0.1, -0.05) is 27.7 Å². The van der Waals surface area contributed by atoms with Gasteiger partial charge in [-0.25, -0.2) is 0 Å². The summed E-state index contributed by atoms with van der Waals surface area (Å²) in [4.78, 5) is 14.8. The van der Waals surface area contributed by atoms with Crippen molar-refractivity contribution < 1.29 is 9.53 Å². The van der Waals surface area contributed by atoms with Crippen molar-refractivity contribution in [1.82, 2.24) is 19.7 Å². The van der Waals surface area contributed by atoms with Crippen LogP contribution in [0.3, 0.4) is 0 Å². The minimum Gasteiger partial charge on any atom is -0.486 e. The number of piperidine rings is 1. The minimum absolute atomic E-state index is 0.183. The number of amides is 1. The van der Waals surface area contributed by atoms with Crippen LogP contribution >= 0.6 is 27.7 Å². The van der Waals surface area contributed by atoms with E-state index in [1.165, 1.54) is 18.2 Å². The number of carbonyl (C=O) groups is 1. The van der Waals surface area contributed by atoms with E-state index in [4.69, 9.17) is 4.74 Å². The van der Waals surface area contributed by atoms with E-state index < -0.39 is 0 Å². The second-order valence-electron chi connectivity index (χ2n) is 7.10. The molecule has 28 heavy (non-hydrogen) atoms. The van der Waals surface area contributed by atoms with Crippen molar-refractivity contribution in [2.24, 2.45) is 0 Å². The predicted molar refractivity (Wildman–Crippen MR) is 115 cm³/mol. The first-order valence-corrected chi connectivity index (χ1v) is 11.5. The third kappa shape index (κ3) is 5.08. The molecule has 0 saturated carbocycles. The zero-order chi connectivity index (χ0) is 20.1. The fourth-order valence-corrected chi connectivity index (χ4v) is 4.80. The topological polar surface area (TPSA) is 60.2 Å². The van der Waals surface area contributed by atoms with Crippen molar-refractivity contribution in [2.45, 2.75) is 70.4 Å². The van der Waals surface area contributed by atoms with Crippen molar-refractivity contribution in [3.05, 3.63) is 34.6 Å². The third-order valence-electron chi connectivity index (χ3n) is 5.10. The number of rotatable bonds is 7. The van der Waals surface area contributed by atoms with Crippen LogP contribution in [-0.4, -0.2) is 43.4 Å². The van der Waals surface area contributed by atoms with Gasteiger partial charge in [-0.3, -0.25) is 4.79 Å². The zero-order valence-electron chi connectivity index (χ0n) is 16.6. The Bertz CT molecular complexity index is 786. The van der Waals surface area contributed by atoms with Crippen molar-refractivity contribution in [3.8, 4) is 5.75 Å². The van der Waals surface area contributed by atoms with E-state index in [0.29, 0.717) is 24.4 Å². The Balaban J connectivity index is 1.60. The van der Waals surface area contributed by atoms with Crippen LogP contribution in [0.2, 0.25) is 0 Å². The molecule has 1 aliphatic heterocycles. The van der Waals surface area contributed by atoms with E-state index in [1.54, 1.807) is 0 Å². The molecular weight excluding hydrogens is 440 g/mol. The van der Waals surface area contributed by atoms with Crippen LogP contribution in [0, 0.1) is 0 Å². The van der Waals surface area contributed by atoms with Gasteiger partial charge in [-0.05, 0) is 64.3 Å². The molecule has 0 bridgehead atoms. The number of nitrogens with zero attached hydrogens (tertiary/aromatic N) is 4. The molecule has 1 fully saturated rings. The molecule has 0 unspecified atom stereocenters. The van der Waals surface area contributed by atoms with Gasteiger partial charge in [0, 0.05) is 23.1 Å². The van der Waals surface area contributed by atoms with Crippen LogP contribution in [0.5, 0.6) is 5.75 Å². The fourth-order valence-electron chi connectivity index (χ4n) is 3.64. The molecule has 2 aromatic rings. The van der Waals surface area contributed by atoms with Gasteiger partial charge in [0.25, 0.3) is 0 Å². The molecule has 0 aliphatic carbocycles. The number of hydrogen-bond donors (Lipinski definition) is 0. The molecule has 6 nitrogen and oxygen atoms in total. The predicted octanol–water partition coefficient (Wildman–Crippen LogP) is 4.52. The fraction of sp³-hybridized carbons (Fsp3) is 0.550. The summed E-state index contributed by atoms with van der Waals surface area (Å²) in [5, 5.41) is 9.33. The van der Waals surface area contributed by atoms with Crippen molar-refractivity contribution >= 4 is 33.6 Å². The third-order valence-corrected chi connectivity index (χ3v) is 6.58. The highest BCUT2D eigenvalue weighted by molar-refractivity contribution is 9.10. The van der Waals surface area contributed by atoms with Crippen LogP contribution < -0.4 is 4.74 Å². The molecular formula is C20H27BrN4O2S. The molecule has 0 radical (unpaired) electrons. The van der Waals surface area contributed by atoms with E-state index >= 15 is 0 Å². The van der Waals surface area contributed by atoms with Gasteiger partial charge < -0.3 is 14.2 Å². The van der Waals surface area contributed by atoms with E-state index in [1.807, 2.05) is 40.7 Å². The van der Waals surface area contributed by atoms with Gasteiger partial charge in [0.1, 0.15) is 12.4 Å². The number of thioether (sulfide) groups is 1. The summed E-state index contributed by atoms with van der Waals surface area (Å²) in [5.41, 5.74) is 0. The van der Waals surface area contributed by atoms with Gasteiger partial charge >= 0.3 is 0 Å². The Morgan fingerprint density at radius 1 is 1.21 bits per heavy atom. The van der Waals surface area contributed by atoms with Crippen molar-refractivity contribution in [1.29, 1.82) is 0 Å². The lowest BCUT2D eigenvalue weighted by atomic mass is 9.98. The smallest absolute Gasteiger partial charge is 0.233 e. The lowest BCUT2D eigenvalue weighted by molar-refractivity contribution is -0.134. The molecule has 1 amide bonds. The number of likely N-dealkylation sites (tertiary alicyclic amines) is 1. The summed E-state index contributed by atoms with van der Waals surface area (Å²) < 4.78 is 8.85. The Kier molecular flexibility index (Phi) is 7.40. The van der Waals surface area contributed by atoms with Gasteiger partial charge in [0.2, 0.25) is 5.91 Å². The van der Waals surface area contributed by atoms with Gasteiger partial charge in [0.05, 0.1) is 5.75 Å². The standard InChI is InChI=1S/C20H27BrN4O2S/c1-4-24-18(12-27-17-10-8-16(21)9-11-17)22-23-20(24)28-13-19(26)25-14(2)6-5-7-15(25)3/h8-11,14-15H,4-7,12-13H2,1-3H3/t14-,15-/m1/s1. The summed E-state index contributed by atoms with van der Waals surface area (Å²) in [5.74, 6) is 2.12. The van der Waals surface area contributed by atoms with Crippen LogP contribution in [-0.2, 0) is 17.9 Å². The highest BCUT2D eigenvalue weighted by Gasteiger charge is 2.29. The van der Waals surface area contributed by atoms with E-state index in [0.717, 1.165) is 40.6 Å². The molecule has 8 heteroatoms. The lowest BCUT2D eigenvalue weighted by Gasteiger charge is -2.39. The van der Waals surface area contributed by atoms with Gasteiger partial charge in [-0.2, -0.15) is 0 Å². The molecule has 2 atom stereocenters. The molecule has 1 aromatic carbocycles. The van der Waals surface area contributed by atoms with Crippen molar-refractivity contribution in [3.63, 3.8) is 0 Å². The SMILES string of the molecule is CCn1c(COc2ccc(Br)cc2)nnc1SCC(=O)N1[C@H](C)CCC[C@H]1C. The number of halogens is 1. The van der Waals surface area contributed by atoms with E-state index in [-0.39, 0.29) is 5.91 Å². The summed E-state index contributed by atoms with van der Waals surface area (Å²) in [6.07, 6.45) is 3.37. The van der Waals surface area contributed by atoms with Crippen LogP contribution in [0.1, 0.15) is 45.9 Å². The first-order valence-electron chi connectivity index (χ1n) is 9.74. The van der Waals surface area contributed by atoms with E-state index in [2.05, 4.69) is 40.0 Å². The van der Waals surface area contributed by atoms with Gasteiger partial charge in [-0.15, -0.1) is 10.2 Å². The quantitative estimate of drug-likeness (QED) is 0.561. The molecule has 1 aliphatic rings. The lowest BCUT2D eigenvalue weighted by Crippen LogP contribution is -2.48. The number of aromatic nitrogens is 3. The molecule has 1 aromatic heterocycles. The maximum absolute atomic E-state index is 12.8. The summed E-state index contributed by atoms with van der Waals surface area (Å²) >= 11 is 4.88. The minimum atomic E-state index is 0.183. The molecule has 3 rings (SSSR count). The molecule has 0 N–H and O–H groups in total. The Morgan fingerprint density at radius 3 is 2.54 bits per heavy atom. The average Bonchev–Trinajstić information content (AvgIpc) is 3.07. The van der Waals surface area contributed by atoms with Crippen LogP contribution in [0.15, 0.2) is 33.9 Å². The second-order valence-corrected chi connectivity index (χ2v) is 8.96. The highest BCUT2D eigenvalue weighted by atomic mass is 79.9. The number of carbonyl (C=O) groups excluding carboxylic acids is 1. The number of benzene rings is 1. The normalized spacial score (nSPS) is 19.6. The number of ether oxygens (including phenoxy) is 1. The molecule has 1 saturated heterocycles. The molecule has 0 spiro atoms. The number of hydrogen-bond acceptors (Lipinski definition) is 5. The van der Waals surface area contributed by atoms with E-state index in [9.17, 15) is 4.79 Å². The summed E-state index contributed by atoms with van der Waals surface area (Å²) in [6, 6.07) is 8.33. The largest absolute Gasteiger partial charge is 0.486 e. The van der Waals surface area contributed by atoms with Crippen LogP contribution in [0.25, 0.3) is 0 Å². The second kappa shape index (κ2) is 9.78. The van der Waals surface area contributed by atoms with Crippen molar-refractivity contribution in [2.75, 3.05) is 5.75 Å². The first kappa shape index (κ1) is 21.2. The Labute approximate surface area is 179 Å². The monoisotopic (exact) mass is 466 g/mol. The van der Waals surface area contributed by atoms with Gasteiger partial charge in [0.15, 0.2) is 11.0 Å². The van der Waals surface area contributed by atoms with Crippen LogP contribution in [0.4, 0.5) is 0 Å². The Hall–Kier alpha value is -1.54.